The van der Waals surface area contributed by atoms with Crippen molar-refractivity contribution in [2.75, 3.05) is 6.61 Å². The maximum Gasteiger partial charge on any atom is 0.166 e. The van der Waals surface area contributed by atoms with E-state index >= 15 is 0 Å². The van der Waals surface area contributed by atoms with Crippen molar-refractivity contribution in [2.24, 2.45) is 0 Å². The number of ether oxygens (including phenoxy) is 1. The minimum atomic E-state index is 0.158. The number of ketones is 1. The Balaban J connectivity index is 2.31. The summed E-state index contributed by atoms with van der Waals surface area (Å²) in [5.41, 5.74) is 1.59. The molecule has 15 heavy (non-hydrogen) atoms. The number of fused-ring (bicyclic) bond motifs is 3. The minimum absolute atomic E-state index is 0.158. The van der Waals surface area contributed by atoms with E-state index in [2.05, 4.69) is 10.2 Å². The number of carbonyl (C=O) groups is 1. The number of aromatic amines is 1. The third kappa shape index (κ3) is 1.21. The first-order valence-corrected chi connectivity index (χ1v) is 4.98. The molecule has 4 heteroatoms. The van der Waals surface area contributed by atoms with Crippen LogP contribution in [-0.4, -0.2) is 22.6 Å². The summed E-state index contributed by atoms with van der Waals surface area (Å²) in [5, 5.41) is 7.70. The Morgan fingerprint density at radius 3 is 3.27 bits per heavy atom. The number of nitrogens with zero attached hydrogens (tertiary/aromatic N) is 1. The van der Waals surface area contributed by atoms with Crippen LogP contribution in [0.3, 0.4) is 0 Å². The van der Waals surface area contributed by atoms with E-state index in [4.69, 9.17) is 4.74 Å². The number of nitrogens with one attached hydrogen (secondary N) is 1. The van der Waals surface area contributed by atoms with Gasteiger partial charge in [0.15, 0.2) is 5.78 Å². The number of carbonyl (C=O) groups excluding carboxylic acids is 1. The lowest BCUT2D eigenvalue weighted by Crippen LogP contribution is -1.97. The summed E-state index contributed by atoms with van der Waals surface area (Å²) in [5.74, 6) is 0.842. The molecule has 76 valence electrons. The van der Waals surface area contributed by atoms with Gasteiger partial charge >= 0.3 is 0 Å². The van der Waals surface area contributed by atoms with Gasteiger partial charge in [0, 0.05) is 6.42 Å². The predicted octanol–water partition coefficient (Wildman–Crippen LogP) is 1.92. The smallest absolute Gasteiger partial charge is 0.166 e. The fraction of sp³-hybridized carbons (Fsp3) is 0.273. The van der Waals surface area contributed by atoms with Crippen LogP contribution in [-0.2, 0) is 0 Å². The molecule has 0 bridgehead atoms. The highest BCUT2D eigenvalue weighted by Crippen LogP contribution is 2.31. The lowest BCUT2D eigenvalue weighted by atomic mass is 10.0. The highest BCUT2D eigenvalue weighted by molar-refractivity contribution is 6.04. The van der Waals surface area contributed by atoms with Crippen LogP contribution in [0.15, 0.2) is 18.3 Å². The van der Waals surface area contributed by atoms with Crippen LogP contribution < -0.4 is 4.74 Å². The third-order valence-electron chi connectivity index (χ3n) is 2.67. The van der Waals surface area contributed by atoms with Crippen molar-refractivity contribution in [1.29, 1.82) is 0 Å². The Kier molecular flexibility index (Phi) is 1.74. The Hall–Kier alpha value is -1.84. The van der Waals surface area contributed by atoms with Gasteiger partial charge < -0.3 is 4.74 Å². The topological polar surface area (TPSA) is 55.0 Å². The standard InChI is InChI=1S/C11H10N2O2/c14-10-2-1-5-15-11-7(10)3-4-9-8(11)6-12-13-9/h3-4,6H,1-2,5H2,(H,12,13). The van der Waals surface area contributed by atoms with Crippen LogP contribution >= 0.6 is 0 Å². The summed E-state index contributed by atoms with van der Waals surface area (Å²) in [7, 11) is 0. The molecule has 0 atom stereocenters. The van der Waals surface area contributed by atoms with Gasteiger partial charge in [-0.2, -0.15) is 5.10 Å². The largest absolute Gasteiger partial charge is 0.492 e. The Labute approximate surface area is 86.2 Å². The van der Waals surface area contributed by atoms with Crippen molar-refractivity contribution in [3.8, 4) is 5.75 Å². The van der Waals surface area contributed by atoms with Crippen molar-refractivity contribution in [3.63, 3.8) is 0 Å². The van der Waals surface area contributed by atoms with E-state index in [-0.39, 0.29) is 5.78 Å². The fourth-order valence-corrected chi connectivity index (χ4v) is 1.91. The van der Waals surface area contributed by atoms with Gasteiger partial charge in [0.1, 0.15) is 5.75 Å². The molecule has 1 aromatic carbocycles. The molecule has 0 radical (unpaired) electrons. The molecule has 1 aliphatic heterocycles. The van der Waals surface area contributed by atoms with Crippen LogP contribution in [0.2, 0.25) is 0 Å². The molecule has 0 aliphatic carbocycles. The van der Waals surface area contributed by atoms with E-state index in [1.807, 2.05) is 12.1 Å². The number of benzene rings is 1. The molecule has 2 aromatic rings. The van der Waals surface area contributed by atoms with Gasteiger partial charge in [-0.15, -0.1) is 0 Å². The number of aromatic nitrogens is 2. The molecule has 1 aliphatic rings. The van der Waals surface area contributed by atoms with Crippen molar-refractivity contribution in [1.82, 2.24) is 10.2 Å². The molecular formula is C11H10N2O2. The summed E-state index contributed by atoms with van der Waals surface area (Å²) >= 11 is 0. The van der Waals surface area contributed by atoms with Gasteiger partial charge in [0.05, 0.1) is 29.3 Å². The zero-order valence-corrected chi connectivity index (χ0v) is 8.12. The molecular weight excluding hydrogens is 192 g/mol. The number of H-pyrrole nitrogens is 1. The van der Waals surface area contributed by atoms with Crippen LogP contribution in [0.1, 0.15) is 23.2 Å². The second-order valence-electron chi connectivity index (χ2n) is 3.65. The second kappa shape index (κ2) is 3.08. The second-order valence-corrected chi connectivity index (χ2v) is 3.65. The predicted molar refractivity (Wildman–Crippen MR) is 55.2 cm³/mol. The zero-order valence-electron chi connectivity index (χ0n) is 8.12. The lowest BCUT2D eigenvalue weighted by molar-refractivity contribution is 0.0983. The molecule has 0 saturated carbocycles. The summed E-state index contributed by atoms with van der Waals surface area (Å²) in [6.45, 7) is 0.600. The SMILES string of the molecule is O=C1CCCOc2c1ccc1[nH]ncc21. The summed E-state index contributed by atoms with van der Waals surface area (Å²) in [6.07, 6.45) is 3.05. The molecule has 3 rings (SSSR count). The van der Waals surface area contributed by atoms with E-state index in [9.17, 15) is 4.79 Å². The van der Waals surface area contributed by atoms with Crippen LogP contribution in [0.4, 0.5) is 0 Å². The normalized spacial score (nSPS) is 15.9. The first-order chi connectivity index (χ1) is 7.36. The average Bonchev–Trinajstić information content (AvgIpc) is 2.64. The van der Waals surface area contributed by atoms with Gasteiger partial charge in [0.2, 0.25) is 0 Å². The average molecular weight is 202 g/mol. The van der Waals surface area contributed by atoms with E-state index in [1.165, 1.54) is 0 Å². The molecule has 0 saturated heterocycles. The van der Waals surface area contributed by atoms with Gasteiger partial charge in [-0.1, -0.05) is 0 Å². The monoisotopic (exact) mass is 202 g/mol. The van der Waals surface area contributed by atoms with Gasteiger partial charge in [-0.05, 0) is 18.6 Å². The van der Waals surface area contributed by atoms with Crippen LogP contribution in [0, 0.1) is 0 Å². The van der Waals surface area contributed by atoms with Crippen LogP contribution in [0.25, 0.3) is 10.9 Å². The molecule has 0 unspecified atom stereocenters. The van der Waals surface area contributed by atoms with Crippen molar-refractivity contribution in [2.45, 2.75) is 12.8 Å². The van der Waals surface area contributed by atoms with Crippen molar-refractivity contribution in [3.05, 3.63) is 23.9 Å². The highest BCUT2D eigenvalue weighted by atomic mass is 16.5. The maximum atomic E-state index is 11.8. The Morgan fingerprint density at radius 1 is 1.40 bits per heavy atom. The van der Waals surface area contributed by atoms with Gasteiger partial charge in [0.25, 0.3) is 0 Å². The van der Waals surface area contributed by atoms with Crippen molar-refractivity contribution >= 4 is 16.7 Å². The molecule has 4 nitrogen and oxygen atoms in total. The number of hydrogen-bond acceptors (Lipinski definition) is 3. The van der Waals surface area contributed by atoms with Crippen LogP contribution in [0.5, 0.6) is 5.75 Å². The van der Waals surface area contributed by atoms with E-state index in [0.29, 0.717) is 24.3 Å². The van der Waals surface area contributed by atoms with E-state index < -0.39 is 0 Å². The van der Waals surface area contributed by atoms with Gasteiger partial charge in [-0.3, -0.25) is 9.89 Å². The molecule has 1 aromatic heterocycles. The highest BCUT2D eigenvalue weighted by Gasteiger charge is 2.19. The first-order valence-electron chi connectivity index (χ1n) is 4.98. The third-order valence-corrected chi connectivity index (χ3v) is 2.67. The number of Topliss-reactive ketones (excluding diaryl/α,β-unsaturated/α-hetero) is 1. The summed E-state index contributed by atoms with van der Waals surface area (Å²) in [4.78, 5) is 11.8. The van der Waals surface area contributed by atoms with Gasteiger partial charge in [-0.25, -0.2) is 0 Å². The molecule has 2 heterocycles. The molecule has 1 N–H and O–H groups in total. The number of hydrogen-bond donors (Lipinski definition) is 1. The quantitative estimate of drug-likeness (QED) is 0.710. The lowest BCUT2D eigenvalue weighted by Gasteiger charge is -2.06. The summed E-state index contributed by atoms with van der Waals surface area (Å²) < 4.78 is 5.61. The molecule has 0 spiro atoms. The van der Waals surface area contributed by atoms with Crippen molar-refractivity contribution < 1.29 is 9.53 Å². The zero-order chi connectivity index (χ0) is 10.3. The fourth-order valence-electron chi connectivity index (χ4n) is 1.91. The molecule has 0 amide bonds. The number of rotatable bonds is 0. The maximum absolute atomic E-state index is 11.8. The minimum Gasteiger partial charge on any atom is -0.492 e. The first kappa shape index (κ1) is 8.47. The summed E-state index contributed by atoms with van der Waals surface area (Å²) in [6, 6.07) is 3.68. The molecule has 0 fully saturated rings. The van der Waals surface area contributed by atoms with E-state index in [0.717, 1.165) is 17.3 Å². The van der Waals surface area contributed by atoms with E-state index in [1.54, 1.807) is 6.20 Å². The Morgan fingerprint density at radius 2 is 2.33 bits per heavy atom. The Bertz CT molecular complexity index is 530.